The Morgan fingerprint density at radius 3 is 2.60 bits per heavy atom. The summed E-state index contributed by atoms with van der Waals surface area (Å²) in [6.07, 6.45) is 13.9. The average molecular weight is 769 g/mol. The first-order valence-electron chi connectivity index (χ1n) is 20.4. The van der Waals surface area contributed by atoms with Crippen molar-refractivity contribution in [3.63, 3.8) is 0 Å². The first-order chi connectivity index (χ1) is 27.9. The van der Waals surface area contributed by atoms with Gasteiger partial charge < -0.3 is 29.9 Å². The van der Waals surface area contributed by atoms with Crippen molar-refractivity contribution in [2.45, 2.75) is 75.5 Å². The van der Waals surface area contributed by atoms with Crippen molar-refractivity contribution in [1.29, 1.82) is 0 Å². The van der Waals surface area contributed by atoms with Gasteiger partial charge in [-0.3, -0.25) is 19.6 Å². The van der Waals surface area contributed by atoms with Crippen LogP contribution in [0.3, 0.4) is 0 Å². The van der Waals surface area contributed by atoms with E-state index in [0.29, 0.717) is 43.9 Å². The van der Waals surface area contributed by atoms with Gasteiger partial charge in [-0.05, 0) is 73.9 Å². The summed E-state index contributed by atoms with van der Waals surface area (Å²) in [5.41, 5.74) is 7.92. The number of pyridine rings is 1. The molecule has 8 heterocycles. The highest BCUT2D eigenvalue weighted by Crippen LogP contribution is 2.42. The van der Waals surface area contributed by atoms with Crippen LogP contribution in [0, 0.1) is 6.92 Å². The number of imide groups is 1. The van der Waals surface area contributed by atoms with E-state index in [0.717, 1.165) is 109 Å². The van der Waals surface area contributed by atoms with Crippen LogP contribution in [0.1, 0.15) is 68.0 Å². The number of carbonyl (C=O) groups excluding carboxylic acids is 2. The lowest BCUT2D eigenvalue weighted by Gasteiger charge is -2.45. The molecule has 5 aromatic rings. The van der Waals surface area contributed by atoms with Crippen LogP contribution in [0.15, 0.2) is 67.3 Å². The first kappa shape index (κ1) is 35.8. The molecule has 4 saturated heterocycles. The Balaban J connectivity index is 0.720. The molecular weight excluding hydrogens is 721 g/mol. The standard InChI is InChI=1S/C43H48N10O4/c1-27-36(24-45-41-39(27)44-14-19-56-41)29-2-3-30-22-46-42(49-37(30)20-29)48-31-23-47-53(25-31)34-21-43(57-26-34)12-17-52(18-13-43)33-10-15-51(16-11-33)32-6-4-28(5-7-32)35-8-9-38(54)50-40(35)55/h2-7,20,22-25,33-35,44H,8-19,21,26H2,1H3,(H,46,48,49)(H,50,54,55). The van der Waals surface area contributed by atoms with E-state index in [1.807, 2.05) is 35.5 Å². The summed E-state index contributed by atoms with van der Waals surface area (Å²) in [7, 11) is 0. The Hall–Kier alpha value is -5.60. The molecule has 14 heteroatoms. The van der Waals surface area contributed by atoms with E-state index in [1.54, 1.807) is 0 Å². The maximum atomic E-state index is 12.3. The summed E-state index contributed by atoms with van der Waals surface area (Å²) in [4.78, 5) is 43.0. The van der Waals surface area contributed by atoms with E-state index < -0.39 is 0 Å². The quantitative estimate of drug-likeness (QED) is 0.174. The summed E-state index contributed by atoms with van der Waals surface area (Å²) >= 11 is 0. The first-order valence-corrected chi connectivity index (χ1v) is 20.4. The van der Waals surface area contributed by atoms with Crippen molar-refractivity contribution in [2.24, 2.45) is 0 Å². The molecule has 294 valence electrons. The molecule has 2 atom stereocenters. The van der Waals surface area contributed by atoms with Crippen molar-refractivity contribution in [3.05, 3.63) is 78.4 Å². The number of carbonyl (C=O) groups is 2. The van der Waals surface area contributed by atoms with Gasteiger partial charge >= 0.3 is 0 Å². The molecule has 4 fully saturated rings. The lowest BCUT2D eigenvalue weighted by atomic mass is 9.86. The molecule has 3 aromatic heterocycles. The predicted molar refractivity (Wildman–Crippen MR) is 217 cm³/mol. The molecule has 0 aliphatic carbocycles. The number of aromatic nitrogens is 5. The SMILES string of the molecule is Cc1c(-c2ccc3cnc(Nc4cnn(C5COC6(CCN(C7CCN(c8ccc(C9CCC(=O)NC9=O)cc8)CC7)CC6)C5)c4)nc3c2)cnc2c1NCCO2. The number of hydrogen-bond acceptors (Lipinski definition) is 12. The zero-order valence-corrected chi connectivity index (χ0v) is 32.2. The summed E-state index contributed by atoms with van der Waals surface area (Å²) in [6, 6.07) is 15.4. The van der Waals surface area contributed by atoms with E-state index in [-0.39, 0.29) is 29.4 Å². The smallest absolute Gasteiger partial charge is 0.237 e. The number of likely N-dealkylation sites (tertiary alicyclic amines) is 1. The van der Waals surface area contributed by atoms with Gasteiger partial charge in [-0.15, -0.1) is 0 Å². The number of anilines is 4. The van der Waals surface area contributed by atoms with Crippen LogP contribution in [0.4, 0.5) is 23.0 Å². The van der Waals surface area contributed by atoms with Crippen LogP contribution in [-0.4, -0.2) is 99.0 Å². The van der Waals surface area contributed by atoms with Crippen LogP contribution < -0.4 is 25.6 Å². The molecule has 57 heavy (non-hydrogen) atoms. The third-order valence-electron chi connectivity index (χ3n) is 12.9. The molecule has 0 radical (unpaired) electrons. The Kier molecular flexibility index (Phi) is 9.24. The number of piperidine rings is 3. The van der Waals surface area contributed by atoms with Gasteiger partial charge in [-0.25, -0.2) is 15.0 Å². The normalized spacial score (nSPS) is 22.6. The summed E-state index contributed by atoms with van der Waals surface area (Å²) in [5.74, 6) is 0.577. The molecule has 2 amide bonds. The predicted octanol–water partition coefficient (Wildman–Crippen LogP) is 5.73. The molecule has 0 saturated carbocycles. The van der Waals surface area contributed by atoms with Crippen LogP contribution in [0.2, 0.25) is 0 Å². The summed E-state index contributed by atoms with van der Waals surface area (Å²) in [6.45, 7) is 8.28. The molecule has 0 bridgehead atoms. The van der Waals surface area contributed by atoms with Gasteiger partial charge in [0.1, 0.15) is 12.3 Å². The Labute approximate surface area is 331 Å². The number of fused-ring (bicyclic) bond motifs is 2. The number of benzene rings is 2. The molecule has 1 spiro atoms. The summed E-state index contributed by atoms with van der Waals surface area (Å²) in [5, 5.41) is 15.0. The second kappa shape index (κ2) is 14.7. The maximum Gasteiger partial charge on any atom is 0.237 e. The Morgan fingerprint density at radius 1 is 0.930 bits per heavy atom. The van der Waals surface area contributed by atoms with Gasteiger partial charge in [0.15, 0.2) is 0 Å². The fourth-order valence-corrected chi connectivity index (χ4v) is 9.55. The minimum absolute atomic E-state index is 0.0974. The molecule has 5 aliphatic heterocycles. The van der Waals surface area contributed by atoms with Gasteiger partial charge in [-0.1, -0.05) is 24.3 Å². The zero-order chi connectivity index (χ0) is 38.5. The number of nitrogens with one attached hydrogen (secondary N) is 3. The minimum atomic E-state index is -0.242. The molecule has 2 aromatic carbocycles. The van der Waals surface area contributed by atoms with Gasteiger partial charge in [-0.2, -0.15) is 5.10 Å². The number of amides is 2. The van der Waals surface area contributed by atoms with E-state index in [2.05, 4.69) is 79.0 Å². The largest absolute Gasteiger partial charge is 0.474 e. The number of rotatable bonds is 7. The Bertz CT molecular complexity index is 2310. The number of ether oxygens (including phenoxy) is 2. The van der Waals surface area contributed by atoms with Gasteiger partial charge in [0.25, 0.3) is 0 Å². The molecule has 5 aliphatic rings. The number of nitrogens with zero attached hydrogens (tertiary/aromatic N) is 7. The van der Waals surface area contributed by atoms with Gasteiger partial charge in [0.05, 0.1) is 41.6 Å². The highest BCUT2D eigenvalue weighted by molar-refractivity contribution is 6.01. The average Bonchev–Trinajstić information content (AvgIpc) is 3.88. The van der Waals surface area contributed by atoms with Crippen molar-refractivity contribution >= 4 is 45.7 Å². The topological polar surface area (TPSA) is 152 Å². The van der Waals surface area contributed by atoms with Crippen LogP contribution in [0.5, 0.6) is 5.88 Å². The van der Waals surface area contributed by atoms with Crippen LogP contribution in [-0.2, 0) is 14.3 Å². The van der Waals surface area contributed by atoms with E-state index in [1.165, 1.54) is 5.69 Å². The molecule has 14 nitrogen and oxygen atoms in total. The zero-order valence-electron chi connectivity index (χ0n) is 32.2. The fraction of sp³-hybridized carbons (Fsp3) is 0.442. The minimum Gasteiger partial charge on any atom is -0.474 e. The van der Waals surface area contributed by atoms with Crippen molar-refractivity contribution in [2.75, 3.05) is 61.5 Å². The molecular formula is C43H48N10O4. The van der Waals surface area contributed by atoms with Crippen molar-refractivity contribution in [1.82, 2.24) is 34.9 Å². The van der Waals surface area contributed by atoms with E-state index in [9.17, 15) is 9.59 Å². The summed E-state index contributed by atoms with van der Waals surface area (Å²) < 4.78 is 14.4. The van der Waals surface area contributed by atoms with E-state index in [4.69, 9.17) is 19.6 Å². The second-order valence-corrected chi connectivity index (χ2v) is 16.3. The van der Waals surface area contributed by atoms with Crippen molar-refractivity contribution in [3.8, 4) is 17.0 Å². The maximum absolute atomic E-state index is 12.3. The molecule has 10 rings (SSSR count). The van der Waals surface area contributed by atoms with Crippen molar-refractivity contribution < 1.29 is 19.1 Å². The molecule has 3 N–H and O–H groups in total. The second-order valence-electron chi connectivity index (χ2n) is 16.3. The number of hydrogen-bond donors (Lipinski definition) is 3. The van der Waals surface area contributed by atoms with Gasteiger partial charge in [0.2, 0.25) is 23.6 Å². The third kappa shape index (κ3) is 7.05. The van der Waals surface area contributed by atoms with E-state index >= 15 is 0 Å². The lowest BCUT2D eigenvalue weighted by Crippen LogP contribution is -2.51. The van der Waals surface area contributed by atoms with Crippen LogP contribution in [0.25, 0.3) is 22.0 Å². The molecule has 2 unspecified atom stereocenters. The highest BCUT2D eigenvalue weighted by Gasteiger charge is 2.44. The monoisotopic (exact) mass is 768 g/mol. The van der Waals surface area contributed by atoms with Gasteiger partial charge in [0, 0.05) is 86.8 Å². The lowest BCUT2D eigenvalue weighted by molar-refractivity contribution is -0.134. The van der Waals surface area contributed by atoms with Crippen LogP contribution >= 0.6 is 0 Å². The Morgan fingerprint density at radius 2 is 1.77 bits per heavy atom. The third-order valence-corrected chi connectivity index (χ3v) is 12.9. The highest BCUT2D eigenvalue weighted by atomic mass is 16.5. The fourth-order valence-electron chi connectivity index (χ4n) is 9.55.